The van der Waals surface area contributed by atoms with E-state index in [9.17, 15) is 0 Å². The Kier molecular flexibility index (Phi) is 3.61. The van der Waals surface area contributed by atoms with Crippen molar-refractivity contribution in [2.24, 2.45) is 0 Å². The first-order valence-corrected chi connectivity index (χ1v) is 7.08. The molecule has 1 aromatic rings. The van der Waals surface area contributed by atoms with Gasteiger partial charge in [0.25, 0.3) is 0 Å². The highest BCUT2D eigenvalue weighted by Gasteiger charge is 2.20. The van der Waals surface area contributed by atoms with E-state index < -0.39 is 0 Å². The van der Waals surface area contributed by atoms with Crippen LogP contribution in [0.15, 0.2) is 48.6 Å². The summed E-state index contributed by atoms with van der Waals surface area (Å²) in [6, 6.07) is 11.5. The zero-order valence-electron chi connectivity index (χ0n) is 10.9. The fourth-order valence-electron chi connectivity index (χ4n) is 3.00. The van der Waals surface area contributed by atoms with E-state index in [0.717, 1.165) is 6.54 Å². The Bertz CT molecular complexity index is 444. The van der Waals surface area contributed by atoms with Crippen LogP contribution in [0, 0.1) is 0 Å². The molecule has 1 aliphatic heterocycles. The summed E-state index contributed by atoms with van der Waals surface area (Å²) in [5.74, 6) is 0. The van der Waals surface area contributed by atoms with Gasteiger partial charge in [-0.25, -0.2) is 0 Å². The van der Waals surface area contributed by atoms with Crippen LogP contribution in [0.5, 0.6) is 0 Å². The van der Waals surface area contributed by atoms with Gasteiger partial charge in [-0.3, -0.25) is 4.90 Å². The molecular formula is C17H21N. The monoisotopic (exact) mass is 239 g/mol. The van der Waals surface area contributed by atoms with Gasteiger partial charge in [-0.05, 0) is 36.8 Å². The van der Waals surface area contributed by atoms with E-state index >= 15 is 0 Å². The Labute approximate surface area is 110 Å². The smallest absolute Gasteiger partial charge is 0.0281 e. The number of hydrogen-bond acceptors (Lipinski definition) is 1. The topological polar surface area (TPSA) is 3.24 Å². The number of allylic oxidation sites excluding steroid dienone is 1. The van der Waals surface area contributed by atoms with Crippen molar-refractivity contribution < 1.29 is 0 Å². The summed E-state index contributed by atoms with van der Waals surface area (Å²) < 4.78 is 0. The molecule has 1 heterocycles. The number of benzene rings is 1. The molecule has 1 nitrogen and oxygen atoms in total. The van der Waals surface area contributed by atoms with Crippen LogP contribution in [-0.4, -0.2) is 24.0 Å². The molecule has 1 unspecified atom stereocenters. The largest absolute Gasteiger partial charge is 0.293 e. The molecule has 18 heavy (non-hydrogen) atoms. The molecule has 0 bridgehead atoms. The van der Waals surface area contributed by atoms with Crippen LogP contribution in [0.1, 0.15) is 31.2 Å². The first-order chi connectivity index (χ1) is 8.93. The third-order valence-electron chi connectivity index (χ3n) is 4.08. The summed E-state index contributed by atoms with van der Waals surface area (Å²) in [5, 5.41) is 0. The zero-order chi connectivity index (χ0) is 12.2. The van der Waals surface area contributed by atoms with Crippen molar-refractivity contribution in [2.45, 2.75) is 31.7 Å². The number of hydrogen-bond donors (Lipinski definition) is 0. The summed E-state index contributed by atoms with van der Waals surface area (Å²) in [6.07, 6.45) is 12.3. The van der Waals surface area contributed by atoms with Gasteiger partial charge in [0.1, 0.15) is 0 Å². The van der Waals surface area contributed by atoms with E-state index in [1.165, 1.54) is 43.4 Å². The number of rotatable bonds is 2. The van der Waals surface area contributed by atoms with Crippen LogP contribution in [0.25, 0.3) is 5.57 Å². The van der Waals surface area contributed by atoms with Crippen LogP contribution in [-0.2, 0) is 0 Å². The van der Waals surface area contributed by atoms with Crippen LogP contribution < -0.4 is 0 Å². The quantitative estimate of drug-likeness (QED) is 0.708. The first kappa shape index (κ1) is 11.7. The minimum absolute atomic E-state index is 0.687. The first-order valence-electron chi connectivity index (χ1n) is 7.08. The lowest BCUT2D eigenvalue weighted by molar-refractivity contribution is 0.235. The lowest BCUT2D eigenvalue weighted by atomic mass is 9.96. The van der Waals surface area contributed by atoms with Gasteiger partial charge in [-0.2, -0.15) is 0 Å². The van der Waals surface area contributed by atoms with Gasteiger partial charge in [0.15, 0.2) is 0 Å². The fourth-order valence-corrected chi connectivity index (χ4v) is 3.00. The maximum atomic E-state index is 2.61. The molecule has 0 amide bonds. The Morgan fingerprint density at radius 3 is 2.67 bits per heavy atom. The summed E-state index contributed by atoms with van der Waals surface area (Å²) in [5.41, 5.74) is 2.92. The lowest BCUT2D eigenvalue weighted by Crippen LogP contribution is -2.37. The van der Waals surface area contributed by atoms with Crippen LogP contribution in [0.3, 0.4) is 0 Å². The summed E-state index contributed by atoms with van der Waals surface area (Å²) in [7, 11) is 0. The lowest BCUT2D eigenvalue weighted by Gasteiger charge is -2.33. The zero-order valence-corrected chi connectivity index (χ0v) is 10.9. The van der Waals surface area contributed by atoms with Crippen LogP contribution >= 0.6 is 0 Å². The summed E-state index contributed by atoms with van der Waals surface area (Å²) >= 11 is 0. The molecule has 1 aromatic carbocycles. The molecule has 0 N–H and O–H groups in total. The van der Waals surface area contributed by atoms with E-state index in [1.54, 1.807) is 0 Å². The Morgan fingerprint density at radius 1 is 1.11 bits per heavy atom. The average molecular weight is 239 g/mol. The van der Waals surface area contributed by atoms with Crippen molar-refractivity contribution >= 4 is 5.57 Å². The number of nitrogens with zero attached hydrogens (tertiary/aromatic N) is 1. The van der Waals surface area contributed by atoms with Gasteiger partial charge < -0.3 is 0 Å². The Morgan fingerprint density at radius 2 is 2.00 bits per heavy atom. The Hall–Kier alpha value is -1.34. The van der Waals surface area contributed by atoms with E-state index in [1.807, 2.05) is 0 Å². The maximum absolute atomic E-state index is 2.61. The van der Waals surface area contributed by atoms with E-state index in [0.29, 0.717) is 6.04 Å². The standard InChI is InChI=1S/C17H21N/c1-3-7-15(8-4-1)16-11-13-18(14-12-16)17-9-5-2-6-10-17/h1,3-5,7-9,11,17H,2,6,10,12-14H2. The van der Waals surface area contributed by atoms with E-state index in [4.69, 9.17) is 0 Å². The molecular weight excluding hydrogens is 218 g/mol. The van der Waals surface area contributed by atoms with E-state index in [-0.39, 0.29) is 0 Å². The second kappa shape index (κ2) is 5.53. The third-order valence-corrected chi connectivity index (χ3v) is 4.08. The molecule has 1 aliphatic carbocycles. The molecule has 0 spiro atoms. The van der Waals surface area contributed by atoms with Gasteiger partial charge in [0.05, 0.1) is 0 Å². The normalized spacial score (nSPS) is 24.9. The molecule has 0 fully saturated rings. The van der Waals surface area contributed by atoms with Crippen molar-refractivity contribution in [2.75, 3.05) is 13.1 Å². The molecule has 0 saturated carbocycles. The van der Waals surface area contributed by atoms with Gasteiger partial charge in [-0.1, -0.05) is 48.6 Å². The van der Waals surface area contributed by atoms with Crippen molar-refractivity contribution in [3.63, 3.8) is 0 Å². The highest BCUT2D eigenvalue weighted by atomic mass is 15.1. The molecule has 3 rings (SSSR count). The second-order valence-electron chi connectivity index (χ2n) is 5.27. The van der Waals surface area contributed by atoms with Crippen molar-refractivity contribution in [1.29, 1.82) is 0 Å². The summed E-state index contributed by atoms with van der Waals surface area (Å²) in [6.45, 7) is 2.31. The molecule has 0 saturated heterocycles. The molecule has 1 atom stereocenters. The highest BCUT2D eigenvalue weighted by molar-refractivity contribution is 5.66. The highest BCUT2D eigenvalue weighted by Crippen LogP contribution is 2.25. The molecule has 94 valence electrons. The fraction of sp³-hybridized carbons (Fsp3) is 0.412. The van der Waals surface area contributed by atoms with Gasteiger partial charge in [0.2, 0.25) is 0 Å². The Balaban J connectivity index is 1.68. The van der Waals surface area contributed by atoms with Crippen LogP contribution in [0.2, 0.25) is 0 Å². The minimum atomic E-state index is 0.687. The van der Waals surface area contributed by atoms with Gasteiger partial charge in [-0.15, -0.1) is 0 Å². The van der Waals surface area contributed by atoms with Crippen molar-refractivity contribution in [3.05, 3.63) is 54.1 Å². The molecule has 2 aliphatic rings. The molecule has 0 radical (unpaired) electrons. The predicted octanol–water partition coefficient (Wildman–Crippen LogP) is 3.88. The maximum Gasteiger partial charge on any atom is 0.0281 e. The average Bonchev–Trinajstić information content (AvgIpc) is 2.49. The molecule has 1 heteroatoms. The molecule has 0 aromatic heterocycles. The minimum Gasteiger partial charge on any atom is -0.293 e. The summed E-state index contributed by atoms with van der Waals surface area (Å²) in [4.78, 5) is 2.61. The van der Waals surface area contributed by atoms with Crippen molar-refractivity contribution in [1.82, 2.24) is 4.90 Å². The SMILES string of the molecule is C1=CC(N2CC=C(c3ccccc3)CC2)CCC1. The second-order valence-corrected chi connectivity index (χ2v) is 5.27. The third kappa shape index (κ3) is 2.56. The van der Waals surface area contributed by atoms with Crippen molar-refractivity contribution in [3.8, 4) is 0 Å². The van der Waals surface area contributed by atoms with Gasteiger partial charge in [0, 0.05) is 19.1 Å². The predicted molar refractivity (Wildman–Crippen MR) is 77.4 cm³/mol. The van der Waals surface area contributed by atoms with E-state index in [2.05, 4.69) is 53.5 Å². The van der Waals surface area contributed by atoms with Crippen LogP contribution in [0.4, 0.5) is 0 Å². The van der Waals surface area contributed by atoms with Gasteiger partial charge >= 0.3 is 0 Å².